The zero-order valence-corrected chi connectivity index (χ0v) is 5.69. The summed E-state index contributed by atoms with van der Waals surface area (Å²) in [6.45, 7) is 3.01. The number of hydrogen-bond acceptors (Lipinski definition) is 1. The van der Waals surface area contributed by atoms with Crippen LogP contribution in [0.25, 0.3) is 0 Å². The van der Waals surface area contributed by atoms with E-state index in [0.717, 1.165) is 13.0 Å². The maximum atomic E-state index is 5.28. The van der Waals surface area contributed by atoms with Crippen molar-refractivity contribution < 1.29 is 0 Å². The van der Waals surface area contributed by atoms with Crippen LogP contribution in [0.5, 0.6) is 0 Å². The number of nitrogens with two attached hydrogens (primary N) is 1. The van der Waals surface area contributed by atoms with E-state index in [2.05, 4.69) is 13.3 Å². The van der Waals surface area contributed by atoms with Crippen LogP contribution in [0, 0.1) is 6.42 Å². The first-order valence-corrected chi connectivity index (χ1v) is 3.43. The van der Waals surface area contributed by atoms with Crippen molar-refractivity contribution in [3.05, 3.63) is 6.42 Å². The number of rotatable bonds is 5. The van der Waals surface area contributed by atoms with E-state index in [0.29, 0.717) is 0 Å². The van der Waals surface area contributed by atoms with Crippen LogP contribution in [-0.2, 0) is 0 Å². The van der Waals surface area contributed by atoms with Gasteiger partial charge in [-0.2, -0.15) is 0 Å². The molecule has 0 amide bonds. The molecule has 0 aliphatic heterocycles. The van der Waals surface area contributed by atoms with Crippen LogP contribution < -0.4 is 5.73 Å². The van der Waals surface area contributed by atoms with Gasteiger partial charge in [-0.1, -0.05) is 26.2 Å². The minimum absolute atomic E-state index is 0.809. The van der Waals surface area contributed by atoms with E-state index in [-0.39, 0.29) is 0 Å². The molecule has 0 rings (SSSR count). The fourth-order valence-electron chi connectivity index (χ4n) is 0.611. The monoisotopic (exact) mass is 114 g/mol. The zero-order valence-electron chi connectivity index (χ0n) is 5.69. The van der Waals surface area contributed by atoms with Gasteiger partial charge in [0.05, 0.1) is 0 Å². The first-order valence-electron chi connectivity index (χ1n) is 3.43. The Balaban J connectivity index is 2.53. The molecule has 0 aromatic heterocycles. The van der Waals surface area contributed by atoms with Gasteiger partial charge in [0, 0.05) is 0 Å². The standard InChI is InChI=1S/C7H16N/c1-2-3-4-5-6-7-8/h5H,2-4,6-8H2,1H3. The molecule has 0 atom stereocenters. The Kier molecular flexibility index (Phi) is 6.93. The van der Waals surface area contributed by atoms with E-state index < -0.39 is 0 Å². The molecule has 1 radical (unpaired) electrons. The molecule has 0 spiro atoms. The minimum atomic E-state index is 0.809. The predicted octanol–water partition coefficient (Wildman–Crippen LogP) is 1.73. The first kappa shape index (κ1) is 7.96. The molecule has 0 aromatic rings. The van der Waals surface area contributed by atoms with E-state index >= 15 is 0 Å². The highest BCUT2D eigenvalue weighted by molar-refractivity contribution is 4.63. The average Bonchev–Trinajstić information content (AvgIpc) is 1.81. The van der Waals surface area contributed by atoms with Crippen LogP contribution in [0.15, 0.2) is 0 Å². The van der Waals surface area contributed by atoms with Crippen LogP contribution in [-0.4, -0.2) is 6.54 Å². The third-order valence-corrected chi connectivity index (χ3v) is 1.13. The average molecular weight is 114 g/mol. The molecule has 0 aliphatic rings. The summed E-state index contributed by atoms with van der Waals surface area (Å²) >= 11 is 0. The Hall–Kier alpha value is -0.0400. The lowest BCUT2D eigenvalue weighted by atomic mass is 10.2. The Morgan fingerprint density at radius 1 is 1.38 bits per heavy atom. The molecule has 0 heterocycles. The molecule has 1 nitrogen and oxygen atoms in total. The quantitative estimate of drug-likeness (QED) is 0.541. The second-order valence-electron chi connectivity index (χ2n) is 2.01. The smallest absolute Gasteiger partial charge is 0.00745 e. The summed E-state index contributed by atoms with van der Waals surface area (Å²) in [5.41, 5.74) is 5.28. The van der Waals surface area contributed by atoms with Crippen molar-refractivity contribution >= 4 is 0 Å². The normalized spacial score (nSPS) is 9.75. The van der Waals surface area contributed by atoms with Crippen LogP contribution in [0.2, 0.25) is 0 Å². The molecule has 0 aliphatic carbocycles. The van der Waals surface area contributed by atoms with E-state index in [1.807, 2.05) is 0 Å². The molecule has 0 saturated heterocycles. The topological polar surface area (TPSA) is 26.0 Å². The molecule has 49 valence electrons. The fraction of sp³-hybridized carbons (Fsp3) is 0.857. The highest BCUT2D eigenvalue weighted by Gasteiger charge is 1.83. The third-order valence-electron chi connectivity index (χ3n) is 1.13. The lowest BCUT2D eigenvalue weighted by Crippen LogP contribution is -1.97. The maximum absolute atomic E-state index is 5.28. The lowest BCUT2D eigenvalue weighted by molar-refractivity contribution is 0.747. The summed E-state index contributed by atoms with van der Waals surface area (Å²) < 4.78 is 0. The van der Waals surface area contributed by atoms with Gasteiger partial charge >= 0.3 is 0 Å². The maximum Gasteiger partial charge on any atom is -0.00745 e. The Morgan fingerprint density at radius 3 is 2.62 bits per heavy atom. The van der Waals surface area contributed by atoms with Gasteiger partial charge in [0.1, 0.15) is 0 Å². The van der Waals surface area contributed by atoms with Crippen molar-refractivity contribution in [2.24, 2.45) is 5.73 Å². The van der Waals surface area contributed by atoms with Crippen molar-refractivity contribution in [2.45, 2.75) is 32.6 Å². The van der Waals surface area contributed by atoms with Crippen LogP contribution in [0.3, 0.4) is 0 Å². The van der Waals surface area contributed by atoms with Gasteiger partial charge in [0.2, 0.25) is 0 Å². The van der Waals surface area contributed by atoms with Gasteiger partial charge in [-0.25, -0.2) is 0 Å². The highest BCUT2D eigenvalue weighted by atomic mass is 14.5. The van der Waals surface area contributed by atoms with E-state index in [9.17, 15) is 0 Å². The molecule has 0 bridgehead atoms. The Bertz CT molecular complexity index is 29.4. The molecule has 0 saturated carbocycles. The molecule has 0 aromatic carbocycles. The second kappa shape index (κ2) is 6.96. The van der Waals surface area contributed by atoms with Crippen molar-refractivity contribution in [2.75, 3.05) is 6.54 Å². The van der Waals surface area contributed by atoms with Gasteiger partial charge in [0.15, 0.2) is 0 Å². The molecule has 0 fully saturated rings. The van der Waals surface area contributed by atoms with Crippen molar-refractivity contribution in [3.8, 4) is 0 Å². The number of hydrogen-bond donors (Lipinski definition) is 1. The van der Waals surface area contributed by atoms with Gasteiger partial charge in [-0.3, -0.25) is 0 Å². The largest absolute Gasteiger partial charge is 0.330 e. The summed E-state index contributed by atoms with van der Waals surface area (Å²) in [6, 6.07) is 0. The van der Waals surface area contributed by atoms with E-state index in [1.54, 1.807) is 0 Å². The Labute approximate surface area is 52.3 Å². The predicted molar refractivity (Wildman–Crippen MR) is 37.5 cm³/mol. The highest BCUT2D eigenvalue weighted by Crippen LogP contribution is 1.98. The summed E-state index contributed by atoms with van der Waals surface area (Å²) in [5.74, 6) is 0. The third kappa shape index (κ3) is 5.96. The van der Waals surface area contributed by atoms with Crippen LogP contribution in [0.4, 0.5) is 0 Å². The molecule has 8 heavy (non-hydrogen) atoms. The molecule has 1 heteroatoms. The summed E-state index contributed by atoms with van der Waals surface area (Å²) in [5, 5.41) is 0. The van der Waals surface area contributed by atoms with Gasteiger partial charge < -0.3 is 5.73 Å². The van der Waals surface area contributed by atoms with Gasteiger partial charge in [-0.05, 0) is 19.4 Å². The fourth-order valence-corrected chi connectivity index (χ4v) is 0.611. The van der Waals surface area contributed by atoms with E-state index in [1.165, 1.54) is 19.3 Å². The summed E-state index contributed by atoms with van der Waals surface area (Å²) in [4.78, 5) is 0. The Morgan fingerprint density at radius 2 is 2.12 bits per heavy atom. The van der Waals surface area contributed by atoms with Gasteiger partial charge in [-0.15, -0.1) is 0 Å². The van der Waals surface area contributed by atoms with E-state index in [4.69, 9.17) is 5.73 Å². The molecular weight excluding hydrogens is 98.1 g/mol. The lowest BCUT2D eigenvalue weighted by Gasteiger charge is -1.93. The van der Waals surface area contributed by atoms with Crippen LogP contribution in [0.1, 0.15) is 32.6 Å². The molecule has 0 unspecified atom stereocenters. The summed E-state index contributed by atoms with van der Waals surface area (Å²) in [6.07, 6.45) is 7.21. The molecular formula is C7H16N. The van der Waals surface area contributed by atoms with Gasteiger partial charge in [0.25, 0.3) is 0 Å². The molecule has 2 N–H and O–H groups in total. The zero-order chi connectivity index (χ0) is 6.24. The van der Waals surface area contributed by atoms with Crippen molar-refractivity contribution in [1.82, 2.24) is 0 Å². The first-order chi connectivity index (χ1) is 3.91. The minimum Gasteiger partial charge on any atom is -0.330 e. The second-order valence-corrected chi connectivity index (χ2v) is 2.01. The van der Waals surface area contributed by atoms with Crippen molar-refractivity contribution in [1.29, 1.82) is 0 Å². The summed E-state index contributed by atoms with van der Waals surface area (Å²) in [7, 11) is 0. The van der Waals surface area contributed by atoms with Crippen LogP contribution >= 0.6 is 0 Å². The SMILES string of the molecule is CCCC[CH]CCN. The number of unbranched alkanes of at least 4 members (excludes halogenated alkanes) is 4. The van der Waals surface area contributed by atoms with Crippen molar-refractivity contribution in [3.63, 3.8) is 0 Å².